The monoisotopic (exact) mass is 172 g/mol. The van der Waals surface area contributed by atoms with Crippen LogP contribution in [-0.4, -0.2) is 35.9 Å². The van der Waals surface area contributed by atoms with Crippen molar-refractivity contribution in [3.63, 3.8) is 0 Å². The number of aliphatic hydroxyl groups is 1. The molecule has 3 fully saturated rings. The van der Waals surface area contributed by atoms with Crippen molar-refractivity contribution < 1.29 is 24.1 Å². The van der Waals surface area contributed by atoms with Crippen LogP contribution in [0.1, 0.15) is 6.42 Å². The lowest BCUT2D eigenvalue weighted by Gasteiger charge is -2.28. The van der Waals surface area contributed by atoms with Crippen LogP contribution in [0.15, 0.2) is 0 Å². The van der Waals surface area contributed by atoms with E-state index in [9.17, 15) is 9.90 Å². The Balaban J connectivity index is 1.98. The van der Waals surface area contributed by atoms with Crippen LogP contribution in [0.4, 0.5) is 0 Å². The second-order valence-electron chi connectivity index (χ2n) is 3.31. The van der Waals surface area contributed by atoms with Crippen molar-refractivity contribution in [2.45, 2.75) is 31.2 Å². The van der Waals surface area contributed by atoms with Crippen LogP contribution in [0, 0.1) is 5.92 Å². The van der Waals surface area contributed by atoms with Gasteiger partial charge in [-0.05, 0) is 0 Å². The number of carbonyl (C=O) groups excluding carboxylic acids is 1. The molecule has 1 N–H and O–H groups in total. The average Bonchev–Trinajstić information content (AvgIpc) is 2.48. The number of rotatable bonds is 0. The van der Waals surface area contributed by atoms with Gasteiger partial charge in [0.25, 0.3) is 0 Å². The summed E-state index contributed by atoms with van der Waals surface area (Å²) in [6.07, 6.45) is -1.79. The summed E-state index contributed by atoms with van der Waals surface area (Å²) in [5.74, 6) is -0.374. The summed E-state index contributed by atoms with van der Waals surface area (Å²) in [6, 6.07) is 0. The molecule has 3 aliphatic heterocycles. The average molecular weight is 172 g/mol. The predicted octanol–water partition coefficient (Wildman–Crippen LogP) is -1.01. The molecule has 3 saturated heterocycles. The molecule has 0 amide bonds. The fraction of sp³-hybridized carbons (Fsp3) is 0.857. The molecule has 5 heteroatoms. The molecule has 2 bridgehead atoms. The number of ether oxygens (including phenoxy) is 3. The van der Waals surface area contributed by atoms with Crippen LogP contribution in [0.3, 0.4) is 0 Å². The van der Waals surface area contributed by atoms with E-state index in [2.05, 4.69) is 0 Å². The van der Waals surface area contributed by atoms with Gasteiger partial charge in [0.1, 0.15) is 0 Å². The molecule has 5 nitrogen and oxygen atoms in total. The minimum absolute atomic E-state index is 0.00810. The van der Waals surface area contributed by atoms with Crippen LogP contribution in [0.2, 0.25) is 0 Å². The molecule has 0 spiro atoms. The largest absolute Gasteiger partial charge is 0.455 e. The molecule has 5 atom stereocenters. The molecule has 12 heavy (non-hydrogen) atoms. The number of fused-ring (bicyclic) bond motifs is 1. The first kappa shape index (κ1) is 6.82. The zero-order valence-electron chi connectivity index (χ0n) is 6.17. The molecule has 0 aromatic rings. The van der Waals surface area contributed by atoms with Crippen molar-refractivity contribution in [1.82, 2.24) is 0 Å². The van der Waals surface area contributed by atoms with Crippen LogP contribution >= 0.6 is 0 Å². The normalized spacial score (nSPS) is 55.8. The first-order valence-electron chi connectivity index (χ1n) is 3.95. The third-order valence-electron chi connectivity index (χ3n) is 2.63. The summed E-state index contributed by atoms with van der Waals surface area (Å²) >= 11 is 0. The van der Waals surface area contributed by atoms with Crippen molar-refractivity contribution in [2.75, 3.05) is 0 Å². The molecule has 66 valence electrons. The van der Waals surface area contributed by atoms with Gasteiger partial charge >= 0.3 is 5.97 Å². The fourth-order valence-electron chi connectivity index (χ4n) is 2.08. The van der Waals surface area contributed by atoms with Gasteiger partial charge in [-0.25, -0.2) is 4.79 Å². The molecule has 5 unspecified atom stereocenters. The smallest absolute Gasteiger partial charge is 0.336 e. The third-order valence-corrected chi connectivity index (χ3v) is 2.63. The topological polar surface area (TPSA) is 65.0 Å². The molecule has 3 heterocycles. The summed E-state index contributed by atoms with van der Waals surface area (Å²) in [5, 5.41) is 9.31. The number of hydrogen-bond acceptors (Lipinski definition) is 5. The van der Waals surface area contributed by atoms with Crippen molar-refractivity contribution in [1.29, 1.82) is 0 Å². The van der Waals surface area contributed by atoms with E-state index in [0.29, 0.717) is 6.42 Å². The highest BCUT2D eigenvalue weighted by molar-refractivity contribution is 5.78. The third kappa shape index (κ3) is 0.663. The number of aliphatic hydroxyl groups excluding tert-OH is 1. The molecule has 3 rings (SSSR count). The number of esters is 1. The van der Waals surface area contributed by atoms with Crippen molar-refractivity contribution >= 4 is 5.97 Å². The lowest BCUT2D eigenvalue weighted by molar-refractivity contribution is -0.269. The highest BCUT2D eigenvalue weighted by atomic mass is 16.8. The molecule has 0 radical (unpaired) electrons. The zero-order valence-corrected chi connectivity index (χ0v) is 6.17. The maximum absolute atomic E-state index is 11.1. The van der Waals surface area contributed by atoms with Gasteiger partial charge in [-0.2, -0.15) is 0 Å². The van der Waals surface area contributed by atoms with Gasteiger partial charge in [-0.15, -0.1) is 0 Å². The highest BCUT2D eigenvalue weighted by Crippen LogP contribution is 2.43. The van der Waals surface area contributed by atoms with Crippen molar-refractivity contribution in [3.8, 4) is 0 Å². The lowest BCUT2D eigenvalue weighted by atomic mass is 9.95. The van der Waals surface area contributed by atoms with Gasteiger partial charge in [-0.1, -0.05) is 0 Å². The van der Waals surface area contributed by atoms with Crippen LogP contribution in [0.25, 0.3) is 0 Å². The molecule has 0 aromatic carbocycles. The van der Waals surface area contributed by atoms with Gasteiger partial charge in [0.15, 0.2) is 24.8 Å². The Morgan fingerprint density at radius 2 is 2.25 bits per heavy atom. The van der Waals surface area contributed by atoms with Gasteiger partial charge in [0.05, 0.1) is 0 Å². The van der Waals surface area contributed by atoms with E-state index in [4.69, 9.17) is 14.2 Å². The maximum atomic E-state index is 11.1. The van der Waals surface area contributed by atoms with Crippen LogP contribution in [-0.2, 0) is 19.0 Å². The van der Waals surface area contributed by atoms with Crippen LogP contribution in [0.5, 0.6) is 0 Å². The quantitative estimate of drug-likeness (QED) is 0.474. The van der Waals surface area contributed by atoms with E-state index < -0.39 is 24.8 Å². The second-order valence-corrected chi connectivity index (χ2v) is 3.31. The van der Waals surface area contributed by atoms with E-state index in [1.807, 2.05) is 0 Å². The molecular formula is C7H8O5. The number of carbonyl (C=O) groups is 1. The second kappa shape index (κ2) is 1.99. The highest BCUT2D eigenvalue weighted by Gasteiger charge is 2.59. The first-order valence-corrected chi connectivity index (χ1v) is 3.95. The van der Waals surface area contributed by atoms with E-state index in [-0.39, 0.29) is 11.9 Å². The summed E-state index contributed by atoms with van der Waals surface area (Å²) in [4.78, 5) is 11.1. The Labute approximate surface area is 68.2 Å². The summed E-state index contributed by atoms with van der Waals surface area (Å²) < 4.78 is 15.1. The van der Waals surface area contributed by atoms with Crippen molar-refractivity contribution in [2.24, 2.45) is 5.92 Å². The summed E-state index contributed by atoms with van der Waals surface area (Å²) in [6.45, 7) is 0. The predicted molar refractivity (Wildman–Crippen MR) is 33.7 cm³/mol. The minimum Gasteiger partial charge on any atom is -0.455 e. The SMILES string of the molecule is O=C1OC2C(O)OC3CC2C1O3. The minimum atomic E-state index is -1.01. The molecule has 0 saturated carbocycles. The summed E-state index contributed by atoms with van der Waals surface area (Å²) in [7, 11) is 0. The zero-order chi connectivity index (χ0) is 8.29. The Kier molecular flexibility index (Phi) is 1.13. The lowest BCUT2D eigenvalue weighted by Crippen LogP contribution is -2.40. The van der Waals surface area contributed by atoms with Crippen molar-refractivity contribution in [3.05, 3.63) is 0 Å². The Bertz CT molecular complexity index is 240. The Morgan fingerprint density at radius 1 is 1.42 bits per heavy atom. The van der Waals surface area contributed by atoms with E-state index in [1.165, 1.54) is 0 Å². The van der Waals surface area contributed by atoms with Gasteiger partial charge in [-0.3, -0.25) is 0 Å². The van der Waals surface area contributed by atoms with Crippen LogP contribution < -0.4 is 0 Å². The van der Waals surface area contributed by atoms with E-state index >= 15 is 0 Å². The summed E-state index contributed by atoms with van der Waals surface area (Å²) in [5.41, 5.74) is 0. The molecule has 0 aliphatic carbocycles. The van der Waals surface area contributed by atoms with Gasteiger partial charge in [0, 0.05) is 12.3 Å². The van der Waals surface area contributed by atoms with Gasteiger partial charge < -0.3 is 19.3 Å². The number of hydrogen-bond donors (Lipinski definition) is 1. The Morgan fingerprint density at radius 3 is 3.08 bits per heavy atom. The maximum Gasteiger partial charge on any atom is 0.336 e. The molecule has 0 aromatic heterocycles. The standard InChI is InChI=1S/C7H8O5/c8-6-5-2-1-3(11-6)10-4(2)7(9)12-5/h2-6,8H,1H2. The fourth-order valence-corrected chi connectivity index (χ4v) is 2.08. The van der Waals surface area contributed by atoms with E-state index in [1.54, 1.807) is 0 Å². The first-order chi connectivity index (χ1) is 5.75. The molecular weight excluding hydrogens is 164 g/mol. The Hall–Kier alpha value is -0.650. The van der Waals surface area contributed by atoms with E-state index in [0.717, 1.165) is 0 Å². The van der Waals surface area contributed by atoms with Gasteiger partial charge in [0.2, 0.25) is 0 Å². The molecule has 3 aliphatic rings.